The zero-order valence-electron chi connectivity index (χ0n) is 15.7. The Morgan fingerprint density at radius 3 is 2.68 bits per heavy atom. The molecule has 2 aromatic carbocycles. The van der Waals surface area contributed by atoms with Gasteiger partial charge >= 0.3 is 0 Å². The smallest absolute Gasteiger partial charge is 0.240 e. The number of ether oxygens (including phenoxy) is 1. The molecule has 1 N–H and O–H groups in total. The number of methoxy groups -OCH3 is 1. The molecule has 0 bridgehead atoms. The lowest BCUT2D eigenvalue weighted by molar-refractivity contribution is 0.169. The Balaban J connectivity index is 1.57. The fourth-order valence-electron chi connectivity index (χ4n) is 3.42. The molecule has 0 radical (unpaired) electrons. The molecule has 1 fully saturated rings. The van der Waals surface area contributed by atoms with Gasteiger partial charge in [0, 0.05) is 24.7 Å². The topological polar surface area (TPSA) is 58.6 Å². The minimum atomic E-state index is -3.56. The molecule has 3 rings (SSSR count). The molecule has 152 valence electrons. The molecule has 1 unspecified atom stereocenters. The van der Waals surface area contributed by atoms with Gasteiger partial charge in [0.05, 0.1) is 12.0 Å². The minimum Gasteiger partial charge on any atom is -0.497 e. The Labute approximate surface area is 170 Å². The van der Waals surface area contributed by atoms with Crippen LogP contribution in [0.15, 0.2) is 47.4 Å². The third-order valence-corrected chi connectivity index (χ3v) is 6.74. The van der Waals surface area contributed by atoms with Crippen molar-refractivity contribution in [1.29, 1.82) is 0 Å². The number of hydrogen-bond acceptors (Lipinski definition) is 4. The van der Waals surface area contributed by atoms with E-state index in [2.05, 4.69) is 9.62 Å². The third-order valence-electron chi connectivity index (χ3n) is 4.94. The van der Waals surface area contributed by atoms with E-state index < -0.39 is 10.0 Å². The summed E-state index contributed by atoms with van der Waals surface area (Å²) in [6.45, 7) is 2.68. The van der Waals surface area contributed by atoms with Gasteiger partial charge in [0.15, 0.2) is 0 Å². The van der Waals surface area contributed by atoms with Crippen molar-refractivity contribution in [3.05, 3.63) is 58.9 Å². The SMILES string of the molecule is COc1ccc(S(=O)(=O)NCC2CCCN(Cc3ccc(F)cc3Cl)C2)cc1. The zero-order chi connectivity index (χ0) is 20.1. The molecule has 0 saturated carbocycles. The molecule has 8 heteroatoms. The fraction of sp³-hybridized carbons (Fsp3) is 0.400. The van der Waals surface area contributed by atoms with Crippen LogP contribution < -0.4 is 9.46 Å². The molecular formula is C20H24ClFN2O3S. The normalized spacial score (nSPS) is 18.2. The second kappa shape index (κ2) is 9.22. The van der Waals surface area contributed by atoms with Crippen LogP contribution in [0.2, 0.25) is 5.02 Å². The number of nitrogens with one attached hydrogen (secondary N) is 1. The van der Waals surface area contributed by atoms with Crippen LogP contribution >= 0.6 is 11.6 Å². The number of nitrogens with zero attached hydrogens (tertiary/aromatic N) is 1. The molecular weight excluding hydrogens is 403 g/mol. The predicted molar refractivity (Wildman–Crippen MR) is 108 cm³/mol. The first kappa shape index (κ1) is 21.0. The van der Waals surface area contributed by atoms with Gasteiger partial charge in [0.2, 0.25) is 10.0 Å². The minimum absolute atomic E-state index is 0.209. The number of sulfonamides is 1. The molecule has 1 heterocycles. The molecule has 0 amide bonds. The van der Waals surface area contributed by atoms with Crippen LogP contribution in [0.1, 0.15) is 18.4 Å². The number of piperidine rings is 1. The van der Waals surface area contributed by atoms with Crippen LogP contribution in [0, 0.1) is 11.7 Å². The molecule has 2 aromatic rings. The van der Waals surface area contributed by atoms with Crippen LogP contribution in [-0.2, 0) is 16.6 Å². The third kappa shape index (κ3) is 5.44. The van der Waals surface area contributed by atoms with Gasteiger partial charge in [-0.1, -0.05) is 17.7 Å². The predicted octanol–water partition coefficient (Wildman–Crippen LogP) is 3.68. The van der Waals surface area contributed by atoms with E-state index in [4.69, 9.17) is 16.3 Å². The average molecular weight is 427 g/mol. The number of likely N-dealkylation sites (tertiary alicyclic amines) is 1. The monoisotopic (exact) mass is 426 g/mol. The van der Waals surface area contributed by atoms with Gasteiger partial charge in [-0.2, -0.15) is 0 Å². The Morgan fingerprint density at radius 1 is 1.25 bits per heavy atom. The van der Waals surface area contributed by atoms with E-state index in [0.29, 0.717) is 23.9 Å². The summed E-state index contributed by atoms with van der Waals surface area (Å²) in [6.07, 6.45) is 1.94. The maximum atomic E-state index is 13.2. The summed E-state index contributed by atoms with van der Waals surface area (Å²) in [5, 5.41) is 0.419. The van der Waals surface area contributed by atoms with Crippen LogP contribution in [-0.4, -0.2) is 40.1 Å². The summed E-state index contributed by atoms with van der Waals surface area (Å²) in [4.78, 5) is 2.45. The second-order valence-electron chi connectivity index (χ2n) is 7.01. The summed E-state index contributed by atoms with van der Waals surface area (Å²) in [6, 6.07) is 10.8. The van der Waals surface area contributed by atoms with Gasteiger partial charge in [-0.15, -0.1) is 0 Å². The van der Waals surface area contributed by atoms with E-state index in [1.165, 1.54) is 31.4 Å². The highest BCUT2D eigenvalue weighted by molar-refractivity contribution is 7.89. The van der Waals surface area contributed by atoms with Gasteiger partial charge in [0.1, 0.15) is 11.6 Å². The van der Waals surface area contributed by atoms with E-state index >= 15 is 0 Å². The van der Waals surface area contributed by atoms with Crippen LogP contribution in [0.4, 0.5) is 4.39 Å². The number of halogens is 2. The van der Waals surface area contributed by atoms with Crippen molar-refractivity contribution in [3.63, 3.8) is 0 Å². The largest absolute Gasteiger partial charge is 0.497 e. The van der Waals surface area contributed by atoms with Gasteiger partial charge in [0.25, 0.3) is 0 Å². The van der Waals surface area contributed by atoms with Crippen molar-refractivity contribution in [3.8, 4) is 5.75 Å². The first-order valence-corrected chi connectivity index (χ1v) is 11.0. The second-order valence-corrected chi connectivity index (χ2v) is 9.18. The molecule has 1 saturated heterocycles. The highest BCUT2D eigenvalue weighted by Gasteiger charge is 2.23. The molecule has 1 aliphatic rings. The highest BCUT2D eigenvalue weighted by atomic mass is 35.5. The van der Waals surface area contributed by atoms with Crippen LogP contribution in [0.25, 0.3) is 0 Å². The van der Waals surface area contributed by atoms with Gasteiger partial charge in [-0.25, -0.2) is 17.5 Å². The first-order chi connectivity index (χ1) is 13.4. The van der Waals surface area contributed by atoms with Crippen molar-refractivity contribution in [2.75, 3.05) is 26.7 Å². The van der Waals surface area contributed by atoms with Gasteiger partial charge < -0.3 is 4.74 Å². The number of benzene rings is 2. The van der Waals surface area contributed by atoms with E-state index in [1.54, 1.807) is 18.2 Å². The van der Waals surface area contributed by atoms with Crippen molar-refractivity contribution in [2.24, 2.45) is 5.92 Å². The molecule has 0 spiro atoms. The summed E-state index contributed by atoms with van der Waals surface area (Å²) in [7, 11) is -2.02. The molecule has 5 nitrogen and oxygen atoms in total. The average Bonchev–Trinajstić information content (AvgIpc) is 2.69. The zero-order valence-corrected chi connectivity index (χ0v) is 17.3. The van der Waals surface area contributed by atoms with E-state index in [0.717, 1.165) is 31.5 Å². The van der Waals surface area contributed by atoms with Crippen LogP contribution in [0.5, 0.6) is 5.75 Å². The Hall–Kier alpha value is -1.67. The maximum absolute atomic E-state index is 13.2. The lowest BCUT2D eigenvalue weighted by Gasteiger charge is -2.33. The van der Waals surface area contributed by atoms with Crippen molar-refractivity contribution in [1.82, 2.24) is 9.62 Å². The van der Waals surface area contributed by atoms with E-state index in [9.17, 15) is 12.8 Å². The summed E-state index contributed by atoms with van der Waals surface area (Å²) in [5.41, 5.74) is 0.877. The van der Waals surface area contributed by atoms with Crippen molar-refractivity contribution >= 4 is 21.6 Å². The van der Waals surface area contributed by atoms with E-state index in [1.807, 2.05) is 0 Å². The standard InChI is InChI=1S/C20H24ClFN2O3S/c1-27-18-6-8-19(9-7-18)28(25,26)23-12-15-3-2-10-24(13-15)14-16-4-5-17(22)11-20(16)21/h4-9,11,15,23H,2-3,10,12-14H2,1H3. The van der Waals surface area contributed by atoms with Crippen molar-refractivity contribution < 1.29 is 17.5 Å². The summed E-state index contributed by atoms with van der Waals surface area (Å²) in [5.74, 6) is 0.473. The molecule has 0 aliphatic carbocycles. The molecule has 1 atom stereocenters. The lowest BCUT2D eigenvalue weighted by Crippen LogP contribution is -2.40. The summed E-state index contributed by atoms with van der Waals surface area (Å²) >= 11 is 6.13. The maximum Gasteiger partial charge on any atom is 0.240 e. The molecule has 0 aromatic heterocycles. The number of rotatable bonds is 7. The molecule has 28 heavy (non-hydrogen) atoms. The number of hydrogen-bond donors (Lipinski definition) is 1. The highest BCUT2D eigenvalue weighted by Crippen LogP contribution is 2.23. The van der Waals surface area contributed by atoms with Crippen molar-refractivity contribution in [2.45, 2.75) is 24.3 Å². The molecule has 1 aliphatic heterocycles. The Kier molecular flexibility index (Phi) is 6.93. The Morgan fingerprint density at radius 2 is 2.00 bits per heavy atom. The first-order valence-electron chi connectivity index (χ1n) is 9.17. The van der Waals surface area contributed by atoms with Gasteiger partial charge in [-0.3, -0.25) is 4.90 Å². The Bertz CT molecular complexity index is 906. The lowest BCUT2D eigenvalue weighted by atomic mass is 9.98. The fourth-order valence-corrected chi connectivity index (χ4v) is 4.76. The van der Waals surface area contributed by atoms with E-state index in [-0.39, 0.29) is 16.6 Å². The quantitative estimate of drug-likeness (QED) is 0.733. The van der Waals surface area contributed by atoms with Gasteiger partial charge in [-0.05, 0) is 67.3 Å². The van der Waals surface area contributed by atoms with Crippen LogP contribution in [0.3, 0.4) is 0 Å². The summed E-state index contributed by atoms with van der Waals surface area (Å²) < 4.78 is 46.0.